The minimum atomic E-state index is 0. The number of halogens is 3. The van der Waals surface area contributed by atoms with Crippen molar-refractivity contribution < 1.29 is 0 Å². The summed E-state index contributed by atoms with van der Waals surface area (Å²) in [5.74, 6) is 0. The van der Waals surface area contributed by atoms with Crippen molar-refractivity contribution in [3.8, 4) is 0 Å². The Morgan fingerprint density at radius 2 is 1.92 bits per heavy atom. The molecule has 0 amide bonds. The molecule has 0 saturated carbocycles. The summed E-state index contributed by atoms with van der Waals surface area (Å²) in [4.78, 5) is 0. The van der Waals surface area contributed by atoms with Gasteiger partial charge in [0.2, 0.25) is 0 Å². The Labute approximate surface area is 94.6 Å². The van der Waals surface area contributed by atoms with E-state index < -0.39 is 0 Å². The van der Waals surface area contributed by atoms with Crippen LogP contribution in [0.2, 0.25) is 10.0 Å². The summed E-state index contributed by atoms with van der Waals surface area (Å²) in [6.07, 6.45) is 1.84. The van der Waals surface area contributed by atoms with Gasteiger partial charge in [-0.2, -0.15) is 0 Å². The van der Waals surface area contributed by atoms with Gasteiger partial charge < -0.3 is 5.73 Å². The molecule has 0 unspecified atom stereocenters. The predicted octanol–water partition coefficient (Wildman–Crippen LogP) is 3.31. The van der Waals surface area contributed by atoms with Crippen molar-refractivity contribution in [2.24, 2.45) is 5.73 Å². The number of rotatable bonds is 3. The van der Waals surface area contributed by atoms with E-state index in [0.29, 0.717) is 6.54 Å². The maximum absolute atomic E-state index is 5.93. The third-order valence-electron chi connectivity index (χ3n) is 1.66. The SMILES string of the molecule is Cl.NCCCc1cc(Cl)ccc1Cl. The highest BCUT2D eigenvalue weighted by molar-refractivity contribution is 6.33. The molecule has 0 aliphatic rings. The van der Waals surface area contributed by atoms with Crippen LogP contribution in [0.4, 0.5) is 0 Å². The van der Waals surface area contributed by atoms with Gasteiger partial charge >= 0.3 is 0 Å². The zero-order valence-electron chi connectivity index (χ0n) is 7.09. The van der Waals surface area contributed by atoms with Crippen molar-refractivity contribution in [2.45, 2.75) is 12.8 Å². The quantitative estimate of drug-likeness (QED) is 0.862. The van der Waals surface area contributed by atoms with Crippen LogP contribution in [0.25, 0.3) is 0 Å². The van der Waals surface area contributed by atoms with E-state index in [4.69, 9.17) is 28.9 Å². The minimum absolute atomic E-state index is 0. The molecular weight excluding hydrogens is 228 g/mol. The van der Waals surface area contributed by atoms with E-state index in [1.165, 1.54) is 0 Å². The van der Waals surface area contributed by atoms with Gasteiger partial charge in [0.25, 0.3) is 0 Å². The number of hydrogen-bond donors (Lipinski definition) is 1. The third-order valence-corrected chi connectivity index (χ3v) is 2.26. The summed E-state index contributed by atoms with van der Waals surface area (Å²) >= 11 is 11.7. The highest BCUT2D eigenvalue weighted by Crippen LogP contribution is 2.21. The molecule has 13 heavy (non-hydrogen) atoms. The van der Waals surface area contributed by atoms with E-state index in [1.807, 2.05) is 12.1 Å². The molecule has 0 bridgehead atoms. The smallest absolute Gasteiger partial charge is 0.0439 e. The Bertz CT molecular complexity index is 263. The van der Waals surface area contributed by atoms with Gasteiger partial charge in [0.05, 0.1) is 0 Å². The van der Waals surface area contributed by atoms with Crippen molar-refractivity contribution >= 4 is 35.6 Å². The molecule has 1 rings (SSSR count). The molecule has 0 spiro atoms. The molecule has 0 aliphatic carbocycles. The fourth-order valence-electron chi connectivity index (χ4n) is 1.03. The van der Waals surface area contributed by atoms with Crippen LogP contribution in [0.3, 0.4) is 0 Å². The standard InChI is InChI=1S/C9H11Cl2N.ClH/c10-8-3-4-9(11)7(6-8)2-1-5-12;/h3-4,6H,1-2,5,12H2;1H. The Balaban J connectivity index is 0.00000144. The first-order valence-electron chi connectivity index (χ1n) is 3.88. The summed E-state index contributed by atoms with van der Waals surface area (Å²) in [7, 11) is 0. The highest BCUT2D eigenvalue weighted by atomic mass is 35.5. The van der Waals surface area contributed by atoms with Crippen LogP contribution in [0.5, 0.6) is 0 Å². The fraction of sp³-hybridized carbons (Fsp3) is 0.333. The Morgan fingerprint density at radius 1 is 1.23 bits per heavy atom. The molecule has 1 aromatic carbocycles. The molecule has 0 fully saturated rings. The first-order chi connectivity index (χ1) is 5.74. The summed E-state index contributed by atoms with van der Waals surface area (Å²) in [6, 6.07) is 5.49. The van der Waals surface area contributed by atoms with Crippen molar-refractivity contribution in [3.05, 3.63) is 33.8 Å². The summed E-state index contributed by atoms with van der Waals surface area (Å²) in [5.41, 5.74) is 6.47. The van der Waals surface area contributed by atoms with Gasteiger partial charge in [-0.15, -0.1) is 12.4 Å². The van der Waals surface area contributed by atoms with Crippen molar-refractivity contribution in [1.29, 1.82) is 0 Å². The van der Waals surface area contributed by atoms with Gasteiger partial charge in [0.15, 0.2) is 0 Å². The van der Waals surface area contributed by atoms with Crippen LogP contribution < -0.4 is 5.73 Å². The average molecular weight is 241 g/mol. The topological polar surface area (TPSA) is 26.0 Å². The molecule has 74 valence electrons. The lowest BCUT2D eigenvalue weighted by atomic mass is 10.1. The second-order valence-electron chi connectivity index (χ2n) is 2.63. The fourth-order valence-corrected chi connectivity index (χ4v) is 1.43. The predicted molar refractivity (Wildman–Crippen MR) is 61.1 cm³/mol. The maximum Gasteiger partial charge on any atom is 0.0439 e. The number of nitrogens with two attached hydrogens (primary N) is 1. The summed E-state index contributed by atoms with van der Waals surface area (Å²) < 4.78 is 0. The molecule has 0 aliphatic heterocycles. The largest absolute Gasteiger partial charge is 0.330 e. The Morgan fingerprint density at radius 3 is 2.54 bits per heavy atom. The molecule has 0 atom stereocenters. The molecule has 0 saturated heterocycles. The normalized spacial score (nSPS) is 9.46. The Hall–Kier alpha value is 0.0500. The number of benzene rings is 1. The lowest BCUT2D eigenvalue weighted by Gasteiger charge is -2.02. The van der Waals surface area contributed by atoms with E-state index >= 15 is 0 Å². The van der Waals surface area contributed by atoms with E-state index in [9.17, 15) is 0 Å². The molecule has 2 N–H and O–H groups in total. The second kappa shape index (κ2) is 6.50. The van der Waals surface area contributed by atoms with Crippen molar-refractivity contribution in [2.75, 3.05) is 6.54 Å². The monoisotopic (exact) mass is 239 g/mol. The zero-order valence-corrected chi connectivity index (χ0v) is 9.42. The van der Waals surface area contributed by atoms with Crippen LogP contribution in [0, 0.1) is 0 Å². The van der Waals surface area contributed by atoms with Gasteiger partial charge in [-0.3, -0.25) is 0 Å². The number of aryl methyl sites for hydroxylation is 1. The average Bonchev–Trinajstić information content (AvgIpc) is 2.07. The lowest BCUT2D eigenvalue weighted by molar-refractivity contribution is 0.833. The zero-order chi connectivity index (χ0) is 8.97. The first kappa shape index (κ1) is 13.1. The van der Waals surface area contributed by atoms with Crippen molar-refractivity contribution in [1.82, 2.24) is 0 Å². The highest BCUT2D eigenvalue weighted by Gasteiger charge is 1.99. The van der Waals surface area contributed by atoms with Crippen LogP contribution in [-0.4, -0.2) is 6.54 Å². The molecular formula is C9H12Cl3N. The van der Waals surface area contributed by atoms with Gasteiger partial charge in [0, 0.05) is 10.0 Å². The summed E-state index contributed by atoms with van der Waals surface area (Å²) in [6.45, 7) is 0.683. The molecule has 4 heteroatoms. The Kier molecular flexibility index (Phi) is 6.52. The van der Waals surface area contributed by atoms with Crippen molar-refractivity contribution in [3.63, 3.8) is 0 Å². The van der Waals surface area contributed by atoms with E-state index in [2.05, 4.69) is 0 Å². The van der Waals surface area contributed by atoms with Crippen LogP contribution >= 0.6 is 35.6 Å². The molecule has 0 radical (unpaired) electrons. The maximum atomic E-state index is 5.93. The van der Waals surface area contributed by atoms with E-state index in [0.717, 1.165) is 28.5 Å². The summed E-state index contributed by atoms with van der Waals surface area (Å²) in [5, 5.41) is 1.50. The molecule has 0 aromatic heterocycles. The van der Waals surface area contributed by atoms with Crippen LogP contribution in [-0.2, 0) is 6.42 Å². The third kappa shape index (κ3) is 4.19. The first-order valence-corrected chi connectivity index (χ1v) is 4.63. The van der Waals surface area contributed by atoms with Gasteiger partial charge in [-0.05, 0) is 43.1 Å². The molecule has 0 heterocycles. The van der Waals surface area contributed by atoms with Gasteiger partial charge in [-0.1, -0.05) is 23.2 Å². The number of hydrogen-bond acceptors (Lipinski definition) is 1. The van der Waals surface area contributed by atoms with Gasteiger partial charge in [0.1, 0.15) is 0 Å². The molecule has 1 nitrogen and oxygen atoms in total. The van der Waals surface area contributed by atoms with E-state index in [1.54, 1.807) is 6.07 Å². The van der Waals surface area contributed by atoms with E-state index in [-0.39, 0.29) is 12.4 Å². The minimum Gasteiger partial charge on any atom is -0.330 e. The van der Waals surface area contributed by atoms with Crippen LogP contribution in [0.15, 0.2) is 18.2 Å². The second-order valence-corrected chi connectivity index (χ2v) is 3.47. The lowest BCUT2D eigenvalue weighted by Crippen LogP contribution is -2.00. The molecule has 1 aromatic rings. The van der Waals surface area contributed by atoms with Crippen LogP contribution in [0.1, 0.15) is 12.0 Å². The van der Waals surface area contributed by atoms with Gasteiger partial charge in [-0.25, -0.2) is 0 Å².